The first-order valence-electron chi connectivity index (χ1n) is 11.4. The number of aliphatic hydroxyl groups is 1. The fraction of sp³-hybridized carbons (Fsp3) is 0.864. The van der Waals surface area contributed by atoms with E-state index in [1.54, 1.807) is 25.7 Å². The summed E-state index contributed by atoms with van der Waals surface area (Å²) in [5.41, 5.74) is -0.730. The first-order chi connectivity index (χ1) is 14.7. The summed E-state index contributed by atoms with van der Waals surface area (Å²) in [6.45, 7) is 6.73. The number of carbonyl (C=O) groups is 3. The van der Waals surface area contributed by atoms with Gasteiger partial charge in [0, 0.05) is 26.1 Å². The summed E-state index contributed by atoms with van der Waals surface area (Å²) in [4.78, 5) is 39.7. The zero-order valence-electron chi connectivity index (χ0n) is 19.1. The summed E-state index contributed by atoms with van der Waals surface area (Å²) in [5.74, 6) is -0.544. The maximum absolute atomic E-state index is 13.1. The number of alkyl carbamates (subject to hydrolysis) is 1. The number of aliphatic hydroxyl groups excluding tert-OH is 1. The van der Waals surface area contributed by atoms with Crippen molar-refractivity contribution >= 4 is 18.0 Å². The molecular formula is C22H38N2O7. The Kier molecular flexibility index (Phi) is 10.0. The molecule has 1 unspecified atom stereocenters. The van der Waals surface area contributed by atoms with E-state index in [0.717, 1.165) is 25.7 Å². The maximum Gasteiger partial charge on any atom is 0.408 e. The monoisotopic (exact) mass is 442 g/mol. The largest absolute Gasteiger partial charge is 0.458 e. The van der Waals surface area contributed by atoms with Gasteiger partial charge in [-0.15, -0.1) is 0 Å². The second kappa shape index (κ2) is 12.2. The van der Waals surface area contributed by atoms with Gasteiger partial charge in [-0.05, 0) is 33.1 Å². The van der Waals surface area contributed by atoms with Crippen molar-refractivity contribution in [1.29, 1.82) is 0 Å². The summed E-state index contributed by atoms with van der Waals surface area (Å²) in [6, 6.07) is -1.05. The highest BCUT2D eigenvalue weighted by molar-refractivity contribution is 5.85. The molecule has 2 atom stereocenters. The quantitative estimate of drug-likeness (QED) is 0.553. The van der Waals surface area contributed by atoms with Crippen molar-refractivity contribution in [2.45, 2.75) is 83.5 Å². The molecule has 1 saturated heterocycles. The first kappa shape index (κ1) is 25.4. The highest BCUT2D eigenvalue weighted by Crippen LogP contribution is 2.28. The van der Waals surface area contributed by atoms with Crippen LogP contribution in [0.3, 0.4) is 0 Å². The van der Waals surface area contributed by atoms with Gasteiger partial charge in [0.05, 0.1) is 13.2 Å². The predicted octanol–water partition coefficient (Wildman–Crippen LogP) is 2.00. The molecule has 1 aliphatic carbocycles. The molecule has 2 aliphatic rings. The Morgan fingerprint density at radius 1 is 1.13 bits per heavy atom. The Bertz CT molecular complexity index is 593. The third-order valence-electron chi connectivity index (χ3n) is 5.52. The number of rotatable bonds is 8. The zero-order chi connectivity index (χ0) is 22.9. The number of nitrogens with one attached hydrogen (secondary N) is 1. The number of morpholine rings is 1. The van der Waals surface area contributed by atoms with Crippen LogP contribution >= 0.6 is 0 Å². The van der Waals surface area contributed by atoms with Crippen molar-refractivity contribution < 1.29 is 33.7 Å². The SMILES string of the molecule is CC(C)(C)OC(=O)C(CCO)NC(=O)O[C@@H](CC1CCCCC1)C(=O)N1CCOCC1. The highest BCUT2D eigenvalue weighted by Gasteiger charge is 2.33. The van der Waals surface area contributed by atoms with Crippen LogP contribution in [0.15, 0.2) is 0 Å². The van der Waals surface area contributed by atoms with Crippen LogP contribution in [-0.2, 0) is 23.8 Å². The topological polar surface area (TPSA) is 114 Å². The molecule has 0 bridgehead atoms. The van der Waals surface area contributed by atoms with Gasteiger partial charge in [-0.25, -0.2) is 9.59 Å². The van der Waals surface area contributed by atoms with Gasteiger partial charge in [-0.3, -0.25) is 4.79 Å². The van der Waals surface area contributed by atoms with Gasteiger partial charge < -0.3 is 29.5 Å². The molecule has 178 valence electrons. The molecule has 2 rings (SSSR count). The van der Waals surface area contributed by atoms with Gasteiger partial charge in [-0.2, -0.15) is 0 Å². The van der Waals surface area contributed by atoms with E-state index in [1.807, 2.05) is 0 Å². The Morgan fingerprint density at radius 3 is 2.35 bits per heavy atom. The van der Waals surface area contributed by atoms with Crippen molar-refractivity contribution in [3.63, 3.8) is 0 Å². The Morgan fingerprint density at radius 2 is 1.77 bits per heavy atom. The summed E-state index contributed by atoms with van der Waals surface area (Å²) in [5, 5.41) is 11.8. The number of hydrogen-bond donors (Lipinski definition) is 2. The van der Waals surface area contributed by atoms with E-state index in [4.69, 9.17) is 14.2 Å². The third kappa shape index (κ3) is 9.03. The number of amides is 2. The minimum Gasteiger partial charge on any atom is -0.458 e. The van der Waals surface area contributed by atoms with Crippen LogP contribution < -0.4 is 5.32 Å². The van der Waals surface area contributed by atoms with Crippen LogP contribution in [0.1, 0.15) is 65.7 Å². The second-order valence-electron chi connectivity index (χ2n) is 9.31. The van der Waals surface area contributed by atoms with Crippen molar-refractivity contribution in [3.8, 4) is 0 Å². The third-order valence-corrected chi connectivity index (χ3v) is 5.52. The molecule has 1 aliphatic heterocycles. The standard InChI is InChI=1S/C22H38N2O7/c1-22(2,3)31-20(27)17(9-12-25)23-21(28)30-18(15-16-7-5-4-6-8-16)19(26)24-10-13-29-14-11-24/h16-18,25H,4-15H2,1-3H3,(H,23,28)/t17?,18-/m0/s1. The molecule has 31 heavy (non-hydrogen) atoms. The second-order valence-corrected chi connectivity index (χ2v) is 9.31. The molecule has 0 aromatic rings. The molecule has 0 aromatic carbocycles. The lowest BCUT2D eigenvalue weighted by atomic mass is 9.85. The Hall–Kier alpha value is -1.87. The molecule has 0 spiro atoms. The minimum atomic E-state index is -1.05. The van der Waals surface area contributed by atoms with Gasteiger partial charge in [-0.1, -0.05) is 32.1 Å². The number of carbonyl (C=O) groups excluding carboxylic acids is 3. The summed E-state index contributed by atoms with van der Waals surface area (Å²) in [6.07, 6.45) is 4.17. The smallest absolute Gasteiger partial charge is 0.408 e. The molecule has 1 saturated carbocycles. The van der Waals surface area contributed by atoms with Gasteiger partial charge in [0.15, 0.2) is 6.10 Å². The molecule has 2 N–H and O–H groups in total. The maximum atomic E-state index is 13.1. The Balaban J connectivity index is 2.03. The predicted molar refractivity (Wildman–Crippen MR) is 113 cm³/mol. The summed E-state index contributed by atoms with van der Waals surface area (Å²) < 4.78 is 16.2. The van der Waals surface area contributed by atoms with Gasteiger partial charge in [0.2, 0.25) is 0 Å². The summed E-state index contributed by atoms with van der Waals surface area (Å²) in [7, 11) is 0. The van der Waals surface area contributed by atoms with E-state index in [1.165, 1.54) is 6.42 Å². The van der Waals surface area contributed by atoms with E-state index in [2.05, 4.69) is 5.32 Å². The van der Waals surface area contributed by atoms with Crippen molar-refractivity contribution in [1.82, 2.24) is 10.2 Å². The molecule has 2 fully saturated rings. The van der Waals surface area contributed by atoms with E-state index >= 15 is 0 Å². The van der Waals surface area contributed by atoms with Crippen LogP contribution in [0.2, 0.25) is 0 Å². The average molecular weight is 443 g/mol. The van der Waals surface area contributed by atoms with Gasteiger partial charge in [0.1, 0.15) is 11.6 Å². The lowest BCUT2D eigenvalue weighted by Crippen LogP contribution is -2.50. The van der Waals surface area contributed by atoms with Crippen LogP contribution in [0, 0.1) is 5.92 Å². The van der Waals surface area contributed by atoms with Crippen molar-refractivity contribution in [2.24, 2.45) is 5.92 Å². The number of hydrogen-bond acceptors (Lipinski definition) is 7. The normalized spacial score (nSPS) is 19.9. The molecule has 1 heterocycles. The van der Waals surface area contributed by atoms with Gasteiger partial charge >= 0.3 is 12.1 Å². The van der Waals surface area contributed by atoms with Gasteiger partial charge in [0.25, 0.3) is 5.91 Å². The molecule has 0 aromatic heterocycles. The number of nitrogens with zero attached hydrogens (tertiary/aromatic N) is 1. The molecule has 9 nitrogen and oxygen atoms in total. The van der Waals surface area contributed by atoms with E-state index in [0.29, 0.717) is 38.6 Å². The van der Waals surface area contributed by atoms with Crippen molar-refractivity contribution in [3.05, 3.63) is 0 Å². The first-order valence-corrected chi connectivity index (χ1v) is 11.4. The fourth-order valence-electron chi connectivity index (χ4n) is 3.97. The number of ether oxygens (including phenoxy) is 3. The molecule has 0 radical (unpaired) electrons. The Labute approximate surface area is 184 Å². The van der Waals surface area contributed by atoms with Crippen molar-refractivity contribution in [2.75, 3.05) is 32.9 Å². The fourth-order valence-corrected chi connectivity index (χ4v) is 3.97. The molecule has 2 amide bonds. The number of esters is 1. The zero-order valence-corrected chi connectivity index (χ0v) is 19.1. The summed E-state index contributed by atoms with van der Waals surface area (Å²) >= 11 is 0. The molecular weight excluding hydrogens is 404 g/mol. The van der Waals surface area contributed by atoms with Crippen LogP contribution in [0.25, 0.3) is 0 Å². The lowest BCUT2D eigenvalue weighted by molar-refractivity contribution is -0.157. The minimum absolute atomic E-state index is 0.00524. The van der Waals surface area contributed by atoms with E-state index in [-0.39, 0.29) is 18.9 Å². The van der Waals surface area contributed by atoms with E-state index in [9.17, 15) is 19.5 Å². The van der Waals surface area contributed by atoms with E-state index < -0.39 is 29.8 Å². The van der Waals surface area contributed by atoms with Crippen LogP contribution in [0.5, 0.6) is 0 Å². The average Bonchev–Trinajstić information content (AvgIpc) is 2.72. The van der Waals surface area contributed by atoms with Crippen LogP contribution in [-0.4, -0.2) is 78.6 Å². The van der Waals surface area contributed by atoms with Crippen LogP contribution in [0.4, 0.5) is 4.79 Å². The highest BCUT2D eigenvalue weighted by atomic mass is 16.6. The molecule has 9 heteroatoms. The lowest BCUT2D eigenvalue weighted by Gasteiger charge is -2.32.